The maximum Gasteiger partial charge on any atom is 0.327 e. The highest BCUT2D eigenvalue weighted by molar-refractivity contribution is 5.80. The maximum absolute atomic E-state index is 12.1. The van der Waals surface area contributed by atoms with Gasteiger partial charge >= 0.3 is 5.97 Å². The minimum atomic E-state index is -0.699. The normalized spacial score (nSPS) is 14.2. The molecule has 1 heterocycles. The number of carbonyl (C=O) groups is 1. The van der Waals surface area contributed by atoms with Crippen molar-refractivity contribution in [2.24, 2.45) is 0 Å². The van der Waals surface area contributed by atoms with E-state index < -0.39 is 5.54 Å². The summed E-state index contributed by atoms with van der Waals surface area (Å²) in [5.41, 5.74) is 0.545. The summed E-state index contributed by atoms with van der Waals surface area (Å²) in [5.74, 6) is -0.230. The molecule has 1 aromatic heterocycles. The molecule has 0 bridgehead atoms. The summed E-state index contributed by atoms with van der Waals surface area (Å²) in [4.78, 5) is 18.2. The molecule has 0 spiro atoms. The number of rotatable bonds is 8. The number of hydrogen-bond acceptors (Lipinski definition) is 5. The number of carbonyl (C=O) groups excluding carboxylic acids is 1. The number of aromatic nitrogens is 1. The van der Waals surface area contributed by atoms with Gasteiger partial charge in [0.15, 0.2) is 0 Å². The zero-order chi connectivity index (χ0) is 15.9. The fourth-order valence-corrected chi connectivity index (χ4v) is 2.52. The summed E-state index contributed by atoms with van der Waals surface area (Å²) >= 11 is 0. The maximum atomic E-state index is 12.1. The SMILES string of the molecule is COC(=O)C(C)(CN(C)CCc1ccncc1)NC(C)C. The Morgan fingerprint density at radius 1 is 1.43 bits per heavy atom. The van der Waals surface area contributed by atoms with E-state index in [2.05, 4.69) is 15.2 Å². The molecule has 0 aliphatic heterocycles. The largest absolute Gasteiger partial charge is 0.468 e. The number of pyridine rings is 1. The molecule has 1 atom stereocenters. The summed E-state index contributed by atoms with van der Waals surface area (Å²) in [6.45, 7) is 7.41. The standard InChI is InChI=1S/C16H27N3O2/c1-13(2)18-16(3,15(20)21-5)12-19(4)11-8-14-6-9-17-10-7-14/h6-7,9-10,13,18H,8,11-12H2,1-5H3. The molecule has 1 aromatic rings. The van der Waals surface area contributed by atoms with Gasteiger partial charge in [-0.3, -0.25) is 15.1 Å². The summed E-state index contributed by atoms with van der Waals surface area (Å²) in [7, 11) is 3.45. The lowest BCUT2D eigenvalue weighted by Crippen LogP contribution is -2.59. The quantitative estimate of drug-likeness (QED) is 0.736. The van der Waals surface area contributed by atoms with Crippen molar-refractivity contribution in [3.8, 4) is 0 Å². The van der Waals surface area contributed by atoms with Crippen LogP contribution < -0.4 is 5.32 Å². The minimum Gasteiger partial charge on any atom is -0.468 e. The van der Waals surface area contributed by atoms with E-state index in [0.29, 0.717) is 6.54 Å². The number of esters is 1. The molecule has 0 radical (unpaired) electrons. The molecule has 5 nitrogen and oxygen atoms in total. The van der Waals surface area contributed by atoms with Crippen LogP contribution in [0.3, 0.4) is 0 Å². The fourth-order valence-electron chi connectivity index (χ4n) is 2.52. The van der Waals surface area contributed by atoms with Crippen LogP contribution in [0.15, 0.2) is 24.5 Å². The van der Waals surface area contributed by atoms with Gasteiger partial charge in [0.05, 0.1) is 7.11 Å². The summed E-state index contributed by atoms with van der Waals surface area (Å²) in [6.07, 6.45) is 4.53. The van der Waals surface area contributed by atoms with Crippen LogP contribution in [0.5, 0.6) is 0 Å². The molecular formula is C16H27N3O2. The van der Waals surface area contributed by atoms with Crippen molar-refractivity contribution in [1.29, 1.82) is 0 Å². The predicted octanol–water partition coefficient (Wildman–Crippen LogP) is 1.49. The predicted molar refractivity (Wildman–Crippen MR) is 84.1 cm³/mol. The van der Waals surface area contributed by atoms with Crippen LogP contribution in [-0.2, 0) is 16.0 Å². The first-order valence-electron chi connectivity index (χ1n) is 7.31. The van der Waals surface area contributed by atoms with Gasteiger partial charge in [-0.2, -0.15) is 0 Å². The molecule has 1 unspecified atom stereocenters. The van der Waals surface area contributed by atoms with Crippen LogP contribution in [0.25, 0.3) is 0 Å². The van der Waals surface area contributed by atoms with Crippen molar-refractivity contribution in [2.45, 2.75) is 38.8 Å². The third-order valence-electron chi connectivity index (χ3n) is 3.36. The smallest absolute Gasteiger partial charge is 0.327 e. The third-order valence-corrected chi connectivity index (χ3v) is 3.36. The number of likely N-dealkylation sites (N-methyl/N-ethyl adjacent to an activating group) is 1. The Balaban J connectivity index is 2.59. The average Bonchev–Trinajstić information content (AvgIpc) is 2.44. The van der Waals surface area contributed by atoms with E-state index in [1.165, 1.54) is 12.7 Å². The molecule has 5 heteroatoms. The highest BCUT2D eigenvalue weighted by Crippen LogP contribution is 2.11. The van der Waals surface area contributed by atoms with Gasteiger partial charge < -0.3 is 9.64 Å². The zero-order valence-electron chi connectivity index (χ0n) is 13.7. The molecule has 0 aromatic carbocycles. The first-order valence-corrected chi connectivity index (χ1v) is 7.31. The fraction of sp³-hybridized carbons (Fsp3) is 0.625. The molecule has 118 valence electrons. The van der Waals surface area contributed by atoms with Crippen molar-refractivity contribution in [1.82, 2.24) is 15.2 Å². The van der Waals surface area contributed by atoms with Gasteiger partial charge in [0.1, 0.15) is 5.54 Å². The molecule has 1 rings (SSSR count). The van der Waals surface area contributed by atoms with Crippen molar-refractivity contribution in [2.75, 3.05) is 27.2 Å². The number of hydrogen-bond donors (Lipinski definition) is 1. The first-order chi connectivity index (χ1) is 9.87. The van der Waals surface area contributed by atoms with Crippen molar-refractivity contribution < 1.29 is 9.53 Å². The molecular weight excluding hydrogens is 266 g/mol. The van der Waals surface area contributed by atoms with Gasteiger partial charge in [0.25, 0.3) is 0 Å². The molecule has 1 N–H and O–H groups in total. The molecule has 0 fully saturated rings. The highest BCUT2D eigenvalue weighted by atomic mass is 16.5. The molecule has 21 heavy (non-hydrogen) atoms. The minimum absolute atomic E-state index is 0.211. The zero-order valence-corrected chi connectivity index (χ0v) is 13.7. The number of ether oxygens (including phenoxy) is 1. The Morgan fingerprint density at radius 2 is 2.05 bits per heavy atom. The highest BCUT2D eigenvalue weighted by Gasteiger charge is 2.35. The van der Waals surface area contributed by atoms with E-state index in [4.69, 9.17) is 4.74 Å². The van der Waals surface area contributed by atoms with Crippen LogP contribution in [0, 0.1) is 0 Å². The number of methoxy groups -OCH3 is 1. The molecule has 0 aliphatic carbocycles. The van der Waals surface area contributed by atoms with Crippen LogP contribution in [0.2, 0.25) is 0 Å². The second-order valence-corrected chi connectivity index (χ2v) is 5.97. The van der Waals surface area contributed by atoms with Gasteiger partial charge in [0, 0.05) is 31.5 Å². The summed E-state index contributed by atoms with van der Waals surface area (Å²) in [5, 5.41) is 3.31. The Morgan fingerprint density at radius 3 is 2.57 bits per heavy atom. The van der Waals surface area contributed by atoms with Gasteiger partial charge in [-0.15, -0.1) is 0 Å². The Bertz CT molecular complexity index is 436. The molecule has 0 saturated heterocycles. The second-order valence-electron chi connectivity index (χ2n) is 5.97. The van der Waals surface area contributed by atoms with Crippen LogP contribution in [0.4, 0.5) is 0 Å². The Kier molecular flexibility index (Phi) is 6.78. The van der Waals surface area contributed by atoms with Gasteiger partial charge in [-0.05, 0) is 51.9 Å². The number of nitrogens with one attached hydrogen (secondary N) is 1. The van der Waals surface area contributed by atoms with E-state index >= 15 is 0 Å². The van der Waals surface area contributed by atoms with Gasteiger partial charge in [-0.25, -0.2) is 0 Å². The Hall–Kier alpha value is -1.46. The van der Waals surface area contributed by atoms with Crippen LogP contribution in [-0.4, -0.2) is 54.7 Å². The topological polar surface area (TPSA) is 54.5 Å². The third kappa shape index (κ3) is 5.81. The van der Waals surface area contributed by atoms with Gasteiger partial charge in [-0.1, -0.05) is 0 Å². The van der Waals surface area contributed by atoms with Gasteiger partial charge in [0.2, 0.25) is 0 Å². The van der Waals surface area contributed by atoms with Crippen molar-refractivity contribution >= 4 is 5.97 Å². The van der Waals surface area contributed by atoms with E-state index in [-0.39, 0.29) is 12.0 Å². The van der Waals surface area contributed by atoms with Crippen molar-refractivity contribution in [3.63, 3.8) is 0 Å². The molecule has 0 aliphatic rings. The van der Waals surface area contributed by atoms with Crippen LogP contribution in [0.1, 0.15) is 26.3 Å². The average molecular weight is 293 g/mol. The van der Waals surface area contributed by atoms with Crippen molar-refractivity contribution in [3.05, 3.63) is 30.1 Å². The van der Waals surface area contributed by atoms with Crippen LogP contribution >= 0.6 is 0 Å². The molecule has 0 saturated carbocycles. The molecule has 0 amide bonds. The van der Waals surface area contributed by atoms with E-state index in [1.807, 2.05) is 40.0 Å². The van der Waals surface area contributed by atoms with E-state index in [0.717, 1.165) is 13.0 Å². The summed E-state index contributed by atoms with van der Waals surface area (Å²) in [6, 6.07) is 4.24. The second kappa shape index (κ2) is 8.10. The first kappa shape index (κ1) is 17.6. The van der Waals surface area contributed by atoms with E-state index in [1.54, 1.807) is 12.4 Å². The monoisotopic (exact) mass is 293 g/mol. The summed E-state index contributed by atoms with van der Waals surface area (Å²) < 4.78 is 4.94. The van der Waals surface area contributed by atoms with E-state index in [9.17, 15) is 4.79 Å². The Labute approximate surface area is 127 Å². The lowest BCUT2D eigenvalue weighted by molar-refractivity contribution is -0.149. The lowest BCUT2D eigenvalue weighted by atomic mass is 10.0. The number of nitrogens with zero attached hydrogens (tertiary/aromatic N) is 2. The lowest BCUT2D eigenvalue weighted by Gasteiger charge is -2.34.